The van der Waals surface area contributed by atoms with Crippen LogP contribution in [0.5, 0.6) is 0 Å². The van der Waals surface area contributed by atoms with E-state index in [1.165, 1.54) is 6.92 Å². The van der Waals surface area contributed by atoms with E-state index in [4.69, 9.17) is 5.73 Å². The summed E-state index contributed by atoms with van der Waals surface area (Å²) in [6.07, 6.45) is -0.904. The lowest BCUT2D eigenvalue weighted by Gasteiger charge is -2.15. The molecule has 0 fully saturated rings. The first-order valence-electron chi connectivity index (χ1n) is 4.12. The number of aliphatic hydroxyl groups is 1. The minimum Gasteiger partial charge on any atom is -0.386 e. The Labute approximate surface area is 77.2 Å². The molecular weight excluding hydrogens is 166 g/mol. The van der Waals surface area contributed by atoms with Crippen LogP contribution in [-0.2, 0) is 4.79 Å². The standard InChI is InChI=1S/C10H13NO2/c1-7(12)9(11)10(13)8-5-3-2-4-6-8/h2-6,9-10,13H,11H2,1H3. The maximum atomic E-state index is 10.9. The van der Waals surface area contributed by atoms with Gasteiger partial charge >= 0.3 is 0 Å². The molecule has 0 heterocycles. The summed E-state index contributed by atoms with van der Waals surface area (Å²) in [6, 6.07) is 8.09. The van der Waals surface area contributed by atoms with Crippen molar-refractivity contribution in [2.75, 3.05) is 0 Å². The Hall–Kier alpha value is -1.19. The lowest BCUT2D eigenvalue weighted by atomic mass is 10.0. The zero-order chi connectivity index (χ0) is 9.84. The Morgan fingerprint density at radius 2 is 1.92 bits per heavy atom. The van der Waals surface area contributed by atoms with Gasteiger partial charge in [0.25, 0.3) is 0 Å². The predicted molar refractivity (Wildman–Crippen MR) is 50.1 cm³/mol. The molecule has 0 bridgehead atoms. The summed E-state index contributed by atoms with van der Waals surface area (Å²) in [5.41, 5.74) is 6.16. The summed E-state index contributed by atoms with van der Waals surface area (Å²) in [7, 11) is 0. The van der Waals surface area contributed by atoms with Crippen molar-refractivity contribution in [3.63, 3.8) is 0 Å². The number of aliphatic hydroxyl groups excluding tert-OH is 1. The second-order valence-corrected chi connectivity index (χ2v) is 2.99. The SMILES string of the molecule is CC(=O)C(N)C(O)c1ccccc1. The van der Waals surface area contributed by atoms with Crippen molar-refractivity contribution >= 4 is 5.78 Å². The van der Waals surface area contributed by atoms with Crippen LogP contribution in [0.1, 0.15) is 18.6 Å². The average molecular weight is 179 g/mol. The molecule has 13 heavy (non-hydrogen) atoms. The van der Waals surface area contributed by atoms with E-state index in [1.54, 1.807) is 24.3 Å². The Balaban J connectivity index is 2.79. The van der Waals surface area contributed by atoms with Crippen molar-refractivity contribution < 1.29 is 9.90 Å². The molecule has 0 aromatic heterocycles. The Morgan fingerprint density at radius 3 is 2.38 bits per heavy atom. The zero-order valence-electron chi connectivity index (χ0n) is 7.47. The van der Waals surface area contributed by atoms with Crippen LogP contribution in [0, 0.1) is 0 Å². The van der Waals surface area contributed by atoms with Gasteiger partial charge < -0.3 is 10.8 Å². The van der Waals surface area contributed by atoms with Gasteiger partial charge in [-0.15, -0.1) is 0 Å². The number of carbonyl (C=O) groups is 1. The normalized spacial score (nSPS) is 15.0. The summed E-state index contributed by atoms with van der Waals surface area (Å²) < 4.78 is 0. The maximum Gasteiger partial charge on any atom is 0.149 e. The molecule has 2 atom stereocenters. The van der Waals surface area contributed by atoms with E-state index in [9.17, 15) is 9.90 Å². The molecule has 0 spiro atoms. The fourth-order valence-corrected chi connectivity index (χ4v) is 1.08. The first kappa shape index (κ1) is 9.89. The first-order valence-corrected chi connectivity index (χ1v) is 4.12. The third-order valence-electron chi connectivity index (χ3n) is 1.95. The van der Waals surface area contributed by atoms with Crippen molar-refractivity contribution in [1.82, 2.24) is 0 Å². The number of hydrogen-bond donors (Lipinski definition) is 2. The molecule has 0 amide bonds. The molecule has 2 unspecified atom stereocenters. The molecule has 0 aliphatic rings. The van der Waals surface area contributed by atoms with E-state index in [-0.39, 0.29) is 5.78 Å². The highest BCUT2D eigenvalue weighted by atomic mass is 16.3. The smallest absolute Gasteiger partial charge is 0.149 e. The van der Waals surface area contributed by atoms with Crippen molar-refractivity contribution in [2.45, 2.75) is 19.1 Å². The third-order valence-corrected chi connectivity index (χ3v) is 1.95. The minimum atomic E-state index is -0.904. The quantitative estimate of drug-likeness (QED) is 0.715. The van der Waals surface area contributed by atoms with Gasteiger partial charge in [0.2, 0.25) is 0 Å². The molecule has 0 saturated carbocycles. The average Bonchev–Trinajstić information content (AvgIpc) is 2.17. The molecule has 0 aliphatic heterocycles. The number of carbonyl (C=O) groups excluding carboxylic acids is 1. The van der Waals surface area contributed by atoms with Gasteiger partial charge in [-0.1, -0.05) is 30.3 Å². The van der Waals surface area contributed by atoms with Crippen LogP contribution in [0.2, 0.25) is 0 Å². The van der Waals surface area contributed by atoms with E-state index in [0.717, 1.165) is 0 Å². The fourth-order valence-electron chi connectivity index (χ4n) is 1.08. The number of nitrogens with two attached hydrogens (primary N) is 1. The van der Waals surface area contributed by atoms with Gasteiger partial charge in [0.05, 0.1) is 6.04 Å². The number of Topliss-reactive ketones (excluding diaryl/α,β-unsaturated/α-hetero) is 1. The second-order valence-electron chi connectivity index (χ2n) is 2.99. The highest BCUT2D eigenvalue weighted by Crippen LogP contribution is 2.15. The number of benzene rings is 1. The summed E-state index contributed by atoms with van der Waals surface area (Å²) >= 11 is 0. The second kappa shape index (κ2) is 4.16. The molecule has 1 aromatic carbocycles. The van der Waals surface area contributed by atoms with Crippen molar-refractivity contribution in [3.8, 4) is 0 Å². The fraction of sp³-hybridized carbons (Fsp3) is 0.300. The molecule has 70 valence electrons. The van der Waals surface area contributed by atoms with Crippen molar-refractivity contribution in [2.24, 2.45) is 5.73 Å². The van der Waals surface area contributed by atoms with Crippen LogP contribution >= 0.6 is 0 Å². The third kappa shape index (κ3) is 2.37. The van der Waals surface area contributed by atoms with Gasteiger partial charge in [0.1, 0.15) is 11.9 Å². The molecule has 3 N–H and O–H groups in total. The van der Waals surface area contributed by atoms with Gasteiger partial charge in [0, 0.05) is 0 Å². The highest BCUT2D eigenvalue weighted by molar-refractivity contribution is 5.82. The van der Waals surface area contributed by atoms with Gasteiger partial charge in [-0.2, -0.15) is 0 Å². The summed E-state index contributed by atoms with van der Waals surface area (Å²) in [4.78, 5) is 10.9. The van der Waals surface area contributed by atoms with Crippen LogP contribution in [0.4, 0.5) is 0 Å². The van der Waals surface area contributed by atoms with E-state index in [0.29, 0.717) is 5.56 Å². The van der Waals surface area contributed by atoms with Crippen molar-refractivity contribution in [3.05, 3.63) is 35.9 Å². The molecule has 0 saturated heterocycles. The van der Waals surface area contributed by atoms with Crippen LogP contribution in [-0.4, -0.2) is 16.9 Å². The summed E-state index contributed by atoms with van der Waals surface area (Å²) in [6.45, 7) is 1.37. The summed E-state index contributed by atoms with van der Waals surface area (Å²) in [5, 5.41) is 9.61. The van der Waals surface area contributed by atoms with Crippen LogP contribution in [0.15, 0.2) is 30.3 Å². The Kier molecular flexibility index (Phi) is 3.17. The molecule has 3 heteroatoms. The van der Waals surface area contributed by atoms with Crippen LogP contribution < -0.4 is 5.73 Å². The molecule has 1 aromatic rings. The van der Waals surface area contributed by atoms with Gasteiger partial charge in [-0.05, 0) is 12.5 Å². The molecule has 0 radical (unpaired) electrons. The number of rotatable bonds is 3. The maximum absolute atomic E-state index is 10.9. The lowest BCUT2D eigenvalue weighted by molar-refractivity contribution is -0.120. The van der Waals surface area contributed by atoms with Crippen LogP contribution in [0.3, 0.4) is 0 Å². The first-order chi connectivity index (χ1) is 6.13. The topological polar surface area (TPSA) is 63.3 Å². The van der Waals surface area contributed by atoms with Crippen LogP contribution in [0.25, 0.3) is 0 Å². The lowest BCUT2D eigenvalue weighted by Crippen LogP contribution is -2.35. The highest BCUT2D eigenvalue weighted by Gasteiger charge is 2.20. The molecule has 3 nitrogen and oxygen atoms in total. The molecular formula is C10H13NO2. The van der Waals surface area contributed by atoms with E-state index >= 15 is 0 Å². The number of hydrogen-bond acceptors (Lipinski definition) is 3. The number of ketones is 1. The zero-order valence-corrected chi connectivity index (χ0v) is 7.47. The monoisotopic (exact) mass is 179 g/mol. The van der Waals surface area contributed by atoms with E-state index in [1.807, 2.05) is 6.07 Å². The van der Waals surface area contributed by atoms with Gasteiger partial charge in [-0.25, -0.2) is 0 Å². The summed E-state index contributed by atoms with van der Waals surface area (Å²) in [5.74, 6) is -0.212. The van der Waals surface area contributed by atoms with Gasteiger partial charge in [-0.3, -0.25) is 4.79 Å². The van der Waals surface area contributed by atoms with Gasteiger partial charge in [0.15, 0.2) is 0 Å². The van der Waals surface area contributed by atoms with E-state index in [2.05, 4.69) is 0 Å². The predicted octanol–water partition coefficient (Wildman–Crippen LogP) is 0.636. The minimum absolute atomic E-state index is 0.212. The molecule has 1 rings (SSSR count). The largest absolute Gasteiger partial charge is 0.386 e. The Bertz CT molecular complexity index is 284. The molecule has 0 aliphatic carbocycles. The van der Waals surface area contributed by atoms with Crippen molar-refractivity contribution in [1.29, 1.82) is 0 Å². The van der Waals surface area contributed by atoms with E-state index < -0.39 is 12.1 Å². The Morgan fingerprint density at radius 1 is 1.38 bits per heavy atom.